The van der Waals surface area contributed by atoms with Gasteiger partial charge in [0.25, 0.3) is 0 Å². The van der Waals surface area contributed by atoms with Crippen molar-refractivity contribution in [2.75, 3.05) is 14.2 Å². The highest BCUT2D eigenvalue weighted by atomic mass is 19.2. The van der Waals surface area contributed by atoms with Crippen molar-refractivity contribution in [2.45, 2.75) is 25.8 Å². The fourth-order valence-corrected chi connectivity index (χ4v) is 1.59. The SMILES string of the molecule is COC(OC)C(C)NCc1cc(F)c(F)c(F)c1. The van der Waals surface area contributed by atoms with E-state index in [1.165, 1.54) is 14.2 Å². The Labute approximate surface area is 104 Å². The Balaban J connectivity index is 2.64. The minimum absolute atomic E-state index is 0.179. The third-order valence-electron chi connectivity index (χ3n) is 2.54. The van der Waals surface area contributed by atoms with Gasteiger partial charge in [-0.25, -0.2) is 13.2 Å². The van der Waals surface area contributed by atoms with Crippen LogP contribution in [0, 0.1) is 17.5 Å². The summed E-state index contributed by atoms with van der Waals surface area (Å²) in [5.41, 5.74) is 0.309. The summed E-state index contributed by atoms with van der Waals surface area (Å²) in [6.07, 6.45) is -0.472. The van der Waals surface area contributed by atoms with Crippen LogP contribution in [0.2, 0.25) is 0 Å². The van der Waals surface area contributed by atoms with Gasteiger partial charge in [0.05, 0.1) is 6.04 Å². The molecule has 1 aromatic rings. The van der Waals surface area contributed by atoms with Gasteiger partial charge in [0, 0.05) is 20.8 Å². The lowest BCUT2D eigenvalue weighted by atomic mass is 10.2. The second-order valence-electron chi connectivity index (χ2n) is 3.88. The molecule has 1 aromatic carbocycles. The molecule has 0 aliphatic heterocycles. The molecule has 1 N–H and O–H groups in total. The molecule has 3 nitrogen and oxygen atoms in total. The van der Waals surface area contributed by atoms with E-state index in [1.807, 2.05) is 0 Å². The Kier molecular flexibility index (Phi) is 5.58. The van der Waals surface area contributed by atoms with Crippen LogP contribution in [0.5, 0.6) is 0 Å². The predicted molar refractivity (Wildman–Crippen MR) is 60.4 cm³/mol. The van der Waals surface area contributed by atoms with Gasteiger partial charge in [-0.2, -0.15) is 0 Å². The van der Waals surface area contributed by atoms with E-state index in [0.29, 0.717) is 5.56 Å². The molecular weight excluding hydrogens is 247 g/mol. The van der Waals surface area contributed by atoms with Crippen molar-refractivity contribution >= 4 is 0 Å². The molecule has 0 aliphatic carbocycles. The summed E-state index contributed by atoms with van der Waals surface area (Å²) >= 11 is 0. The van der Waals surface area contributed by atoms with E-state index in [-0.39, 0.29) is 12.6 Å². The average Bonchev–Trinajstić information content (AvgIpc) is 2.34. The van der Waals surface area contributed by atoms with Gasteiger partial charge >= 0.3 is 0 Å². The molecule has 1 rings (SSSR count). The maximum Gasteiger partial charge on any atom is 0.194 e. The number of halogens is 3. The van der Waals surface area contributed by atoms with E-state index in [1.54, 1.807) is 6.92 Å². The number of ether oxygens (including phenoxy) is 2. The molecule has 1 unspecified atom stereocenters. The predicted octanol–water partition coefficient (Wildman–Crippen LogP) is 2.20. The minimum Gasteiger partial charge on any atom is -0.354 e. The monoisotopic (exact) mass is 263 g/mol. The summed E-state index contributed by atoms with van der Waals surface area (Å²) in [6.45, 7) is 1.98. The van der Waals surface area contributed by atoms with E-state index in [9.17, 15) is 13.2 Å². The molecule has 1 atom stereocenters. The molecule has 0 bridgehead atoms. The number of hydrogen-bond acceptors (Lipinski definition) is 3. The lowest BCUT2D eigenvalue weighted by Gasteiger charge is -2.22. The number of methoxy groups -OCH3 is 2. The molecule has 6 heteroatoms. The van der Waals surface area contributed by atoms with Crippen molar-refractivity contribution in [3.05, 3.63) is 35.1 Å². The normalized spacial score (nSPS) is 13.1. The van der Waals surface area contributed by atoms with Crippen LogP contribution >= 0.6 is 0 Å². The highest BCUT2D eigenvalue weighted by Gasteiger charge is 2.16. The van der Waals surface area contributed by atoms with Crippen molar-refractivity contribution in [1.29, 1.82) is 0 Å². The van der Waals surface area contributed by atoms with Crippen LogP contribution in [0.4, 0.5) is 13.2 Å². The van der Waals surface area contributed by atoms with E-state index < -0.39 is 23.7 Å². The fourth-order valence-electron chi connectivity index (χ4n) is 1.59. The topological polar surface area (TPSA) is 30.5 Å². The summed E-state index contributed by atoms with van der Waals surface area (Å²) in [7, 11) is 2.98. The maximum absolute atomic E-state index is 13.0. The molecule has 0 spiro atoms. The zero-order chi connectivity index (χ0) is 13.7. The van der Waals surface area contributed by atoms with Crippen LogP contribution < -0.4 is 5.32 Å². The van der Waals surface area contributed by atoms with E-state index >= 15 is 0 Å². The highest BCUT2D eigenvalue weighted by Crippen LogP contribution is 2.13. The highest BCUT2D eigenvalue weighted by molar-refractivity contribution is 5.19. The Morgan fingerprint density at radius 3 is 2.06 bits per heavy atom. The van der Waals surface area contributed by atoms with E-state index in [0.717, 1.165) is 12.1 Å². The van der Waals surface area contributed by atoms with Gasteiger partial charge in [0.1, 0.15) is 0 Å². The summed E-state index contributed by atoms with van der Waals surface area (Å²) in [6, 6.07) is 1.72. The van der Waals surface area contributed by atoms with Crippen LogP contribution in [0.25, 0.3) is 0 Å². The van der Waals surface area contributed by atoms with E-state index in [4.69, 9.17) is 9.47 Å². The van der Waals surface area contributed by atoms with Crippen LogP contribution in [0.15, 0.2) is 12.1 Å². The third-order valence-corrected chi connectivity index (χ3v) is 2.54. The summed E-state index contributed by atoms with van der Waals surface area (Å²) in [5.74, 6) is -3.86. The quantitative estimate of drug-likeness (QED) is 0.630. The van der Waals surface area contributed by atoms with Gasteiger partial charge in [-0.15, -0.1) is 0 Å². The lowest BCUT2D eigenvalue weighted by molar-refractivity contribution is -0.119. The van der Waals surface area contributed by atoms with Gasteiger partial charge in [-0.05, 0) is 24.6 Å². The first-order valence-corrected chi connectivity index (χ1v) is 5.42. The Bertz CT molecular complexity index is 374. The molecule has 102 valence electrons. The Morgan fingerprint density at radius 1 is 1.11 bits per heavy atom. The van der Waals surface area contributed by atoms with Crippen molar-refractivity contribution in [2.24, 2.45) is 0 Å². The Morgan fingerprint density at radius 2 is 1.61 bits per heavy atom. The molecule has 0 saturated heterocycles. The minimum atomic E-state index is -1.46. The fraction of sp³-hybridized carbons (Fsp3) is 0.500. The van der Waals surface area contributed by atoms with Crippen LogP contribution in [-0.2, 0) is 16.0 Å². The van der Waals surface area contributed by atoms with Crippen molar-refractivity contribution < 1.29 is 22.6 Å². The molecular formula is C12H16F3NO2. The summed E-state index contributed by atoms with van der Waals surface area (Å²) in [4.78, 5) is 0. The molecule has 0 aromatic heterocycles. The first-order chi connectivity index (χ1) is 8.49. The number of hydrogen-bond donors (Lipinski definition) is 1. The van der Waals surface area contributed by atoms with Gasteiger partial charge < -0.3 is 14.8 Å². The maximum atomic E-state index is 13.0. The molecule has 0 aliphatic rings. The smallest absolute Gasteiger partial charge is 0.194 e. The van der Waals surface area contributed by atoms with Gasteiger partial charge in [0.15, 0.2) is 23.7 Å². The standard InChI is InChI=1S/C12H16F3NO2/c1-7(12(17-2)18-3)16-6-8-4-9(13)11(15)10(14)5-8/h4-5,7,12,16H,6H2,1-3H3. The zero-order valence-corrected chi connectivity index (χ0v) is 10.5. The molecule has 0 fully saturated rings. The first kappa shape index (κ1) is 14.9. The molecule has 0 amide bonds. The largest absolute Gasteiger partial charge is 0.354 e. The second-order valence-corrected chi connectivity index (χ2v) is 3.88. The van der Waals surface area contributed by atoms with Crippen molar-refractivity contribution in [3.8, 4) is 0 Å². The number of nitrogens with one attached hydrogen (secondary N) is 1. The number of rotatable bonds is 6. The summed E-state index contributed by atoms with van der Waals surface area (Å²) < 4.78 is 48.7. The average molecular weight is 263 g/mol. The molecule has 18 heavy (non-hydrogen) atoms. The van der Waals surface area contributed by atoms with Gasteiger partial charge in [-0.3, -0.25) is 0 Å². The third kappa shape index (κ3) is 3.69. The van der Waals surface area contributed by atoms with Crippen molar-refractivity contribution in [1.82, 2.24) is 5.32 Å². The first-order valence-electron chi connectivity index (χ1n) is 5.42. The van der Waals surface area contributed by atoms with Gasteiger partial charge in [-0.1, -0.05) is 0 Å². The summed E-state index contributed by atoms with van der Waals surface area (Å²) in [5, 5.41) is 2.97. The Hall–Kier alpha value is -1.11. The lowest BCUT2D eigenvalue weighted by Crippen LogP contribution is -2.39. The van der Waals surface area contributed by atoms with E-state index in [2.05, 4.69) is 5.32 Å². The molecule has 0 saturated carbocycles. The number of benzene rings is 1. The van der Waals surface area contributed by atoms with Crippen LogP contribution in [-0.4, -0.2) is 26.6 Å². The van der Waals surface area contributed by atoms with Crippen LogP contribution in [0.3, 0.4) is 0 Å². The van der Waals surface area contributed by atoms with Gasteiger partial charge in [0.2, 0.25) is 0 Å². The van der Waals surface area contributed by atoms with Crippen molar-refractivity contribution in [3.63, 3.8) is 0 Å². The zero-order valence-electron chi connectivity index (χ0n) is 10.5. The second kappa shape index (κ2) is 6.72. The van der Waals surface area contributed by atoms with Crippen LogP contribution in [0.1, 0.15) is 12.5 Å². The molecule has 0 heterocycles. The molecule has 0 radical (unpaired) electrons.